The first-order valence-corrected chi connectivity index (χ1v) is 7.99. The van der Waals surface area contributed by atoms with Gasteiger partial charge in [0.25, 0.3) is 0 Å². The van der Waals surface area contributed by atoms with Gasteiger partial charge in [-0.3, -0.25) is 0 Å². The quantitative estimate of drug-likeness (QED) is 0.842. The lowest BCUT2D eigenvalue weighted by molar-refractivity contribution is 0.216. The number of hydrogen-bond donors (Lipinski definition) is 0. The lowest BCUT2D eigenvalue weighted by Crippen LogP contribution is -2.48. The van der Waals surface area contributed by atoms with E-state index in [4.69, 9.17) is 9.26 Å². The van der Waals surface area contributed by atoms with Crippen molar-refractivity contribution >= 4 is 10.0 Å². The van der Waals surface area contributed by atoms with Crippen LogP contribution in [0, 0.1) is 12.7 Å². The van der Waals surface area contributed by atoms with Crippen molar-refractivity contribution in [3.8, 4) is 5.75 Å². The van der Waals surface area contributed by atoms with E-state index in [2.05, 4.69) is 10.1 Å². The van der Waals surface area contributed by atoms with Gasteiger partial charge in [-0.15, -0.1) is 0 Å². The molecule has 1 aliphatic rings. The number of ether oxygens (including phenoxy) is 1. The summed E-state index contributed by atoms with van der Waals surface area (Å²) >= 11 is 0. The van der Waals surface area contributed by atoms with Crippen molar-refractivity contribution in [2.75, 3.05) is 20.2 Å². The summed E-state index contributed by atoms with van der Waals surface area (Å²) in [5.41, 5.74) is 0. The molecule has 0 bridgehead atoms. The Morgan fingerprint density at radius 3 is 2.73 bits per heavy atom. The van der Waals surface area contributed by atoms with Gasteiger partial charge in [-0.1, -0.05) is 5.16 Å². The number of methoxy groups -OCH3 is 1. The molecule has 7 nitrogen and oxygen atoms in total. The van der Waals surface area contributed by atoms with Gasteiger partial charge in [-0.2, -0.15) is 9.29 Å². The van der Waals surface area contributed by atoms with Crippen LogP contribution in [-0.4, -0.2) is 43.1 Å². The molecular formula is C13H14FN3O4S. The Labute approximate surface area is 126 Å². The Balaban J connectivity index is 1.82. The molecule has 0 spiro atoms. The van der Waals surface area contributed by atoms with Gasteiger partial charge < -0.3 is 9.26 Å². The number of sulfonamides is 1. The van der Waals surface area contributed by atoms with Gasteiger partial charge in [0.05, 0.1) is 13.0 Å². The molecule has 3 rings (SSSR count). The summed E-state index contributed by atoms with van der Waals surface area (Å²) in [6, 6.07) is 3.40. The third kappa shape index (κ3) is 2.46. The summed E-state index contributed by atoms with van der Waals surface area (Å²) in [7, 11) is -2.48. The van der Waals surface area contributed by atoms with Crippen molar-refractivity contribution in [3.05, 3.63) is 35.7 Å². The highest BCUT2D eigenvalue weighted by atomic mass is 32.2. The van der Waals surface area contributed by atoms with Gasteiger partial charge in [0.2, 0.25) is 15.9 Å². The molecule has 0 saturated carbocycles. The van der Waals surface area contributed by atoms with Gasteiger partial charge in [0.15, 0.2) is 5.82 Å². The highest BCUT2D eigenvalue weighted by Gasteiger charge is 2.41. The minimum Gasteiger partial charge on any atom is -0.495 e. The van der Waals surface area contributed by atoms with Crippen LogP contribution in [0.5, 0.6) is 5.75 Å². The summed E-state index contributed by atoms with van der Waals surface area (Å²) in [6.45, 7) is 2.12. The second-order valence-corrected chi connectivity index (χ2v) is 6.90. The van der Waals surface area contributed by atoms with Crippen LogP contribution >= 0.6 is 0 Å². The lowest BCUT2D eigenvalue weighted by atomic mass is 10.0. The number of aromatic nitrogens is 2. The van der Waals surface area contributed by atoms with Crippen LogP contribution < -0.4 is 4.74 Å². The molecule has 1 aliphatic heterocycles. The Hall–Kier alpha value is -2.00. The molecule has 0 amide bonds. The fraction of sp³-hybridized carbons (Fsp3) is 0.385. The number of aryl methyl sites for hydroxylation is 1. The number of benzene rings is 1. The molecule has 2 heterocycles. The van der Waals surface area contributed by atoms with Crippen LogP contribution in [0.3, 0.4) is 0 Å². The normalized spacial score (nSPS) is 16.5. The van der Waals surface area contributed by atoms with Gasteiger partial charge in [-0.25, -0.2) is 12.8 Å². The summed E-state index contributed by atoms with van der Waals surface area (Å²) in [4.78, 5) is 3.90. The molecule has 22 heavy (non-hydrogen) atoms. The van der Waals surface area contributed by atoms with Crippen LogP contribution in [0.2, 0.25) is 0 Å². The van der Waals surface area contributed by atoms with Gasteiger partial charge in [0, 0.05) is 13.1 Å². The van der Waals surface area contributed by atoms with Crippen LogP contribution in [0.4, 0.5) is 4.39 Å². The average Bonchev–Trinajstić information content (AvgIpc) is 2.83. The van der Waals surface area contributed by atoms with E-state index in [9.17, 15) is 12.8 Å². The third-order valence-corrected chi connectivity index (χ3v) is 5.34. The summed E-state index contributed by atoms with van der Waals surface area (Å²) < 4.78 is 49.7. The molecule has 0 aliphatic carbocycles. The molecular weight excluding hydrogens is 313 g/mol. The van der Waals surface area contributed by atoms with Crippen molar-refractivity contribution in [2.45, 2.75) is 17.7 Å². The molecule has 0 N–H and O–H groups in total. The Morgan fingerprint density at radius 1 is 1.41 bits per heavy atom. The van der Waals surface area contributed by atoms with E-state index < -0.39 is 15.8 Å². The second-order valence-electron chi connectivity index (χ2n) is 4.99. The Morgan fingerprint density at radius 2 is 2.14 bits per heavy atom. The Kier molecular flexibility index (Phi) is 3.61. The smallest absolute Gasteiger partial charge is 0.246 e. The summed E-state index contributed by atoms with van der Waals surface area (Å²) in [6.07, 6.45) is 0. The van der Waals surface area contributed by atoms with Gasteiger partial charge >= 0.3 is 0 Å². The van der Waals surface area contributed by atoms with Crippen LogP contribution in [0.1, 0.15) is 17.6 Å². The first-order valence-electron chi connectivity index (χ1n) is 6.55. The number of rotatable bonds is 4. The van der Waals surface area contributed by atoms with E-state index >= 15 is 0 Å². The summed E-state index contributed by atoms with van der Waals surface area (Å²) in [5.74, 6) is 0.247. The molecule has 1 fully saturated rings. The molecule has 0 radical (unpaired) electrons. The second kappa shape index (κ2) is 5.33. The van der Waals surface area contributed by atoms with E-state index in [1.165, 1.54) is 17.5 Å². The van der Waals surface area contributed by atoms with Crippen molar-refractivity contribution < 1.29 is 22.1 Å². The van der Waals surface area contributed by atoms with Crippen LogP contribution in [-0.2, 0) is 10.0 Å². The molecule has 0 atom stereocenters. The fourth-order valence-electron chi connectivity index (χ4n) is 2.26. The average molecular weight is 327 g/mol. The molecule has 1 aromatic heterocycles. The molecule has 9 heteroatoms. The molecule has 1 aromatic carbocycles. The van der Waals surface area contributed by atoms with E-state index in [0.717, 1.165) is 12.1 Å². The first kappa shape index (κ1) is 14.9. The third-order valence-electron chi connectivity index (χ3n) is 3.48. The zero-order chi connectivity index (χ0) is 15.9. The maximum atomic E-state index is 13.4. The topological polar surface area (TPSA) is 85.5 Å². The zero-order valence-corrected chi connectivity index (χ0v) is 12.8. The minimum absolute atomic E-state index is 0.110. The highest BCUT2D eigenvalue weighted by Crippen LogP contribution is 2.34. The number of halogens is 1. The maximum Gasteiger partial charge on any atom is 0.246 e. The lowest BCUT2D eigenvalue weighted by Gasteiger charge is -2.36. The van der Waals surface area contributed by atoms with Crippen molar-refractivity contribution in [1.29, 1.82) is 0 Å². The summed E-state index contributed by atoms with van der Waals surface area (Å²) in [5, 5.41) is 3.68. The predicted molar refractivity (Wildman–Crippen MR) is 73.5 cm³/mol. The Bertz CT molecular complexity index is 799. The van der Waals surface area contributed by atoms with E-state index in [-0.39, 0.29) is 29.7 Å². The standard InChI is InChI=1S/C13H14FN3O4S/c1-8-15-13(21-16-8)9-6-17(7-9)22(18,19)12-5-10(14)3-4-11(12)20-2/h3-5,9H,6-7H2,1-2H3. The van der Waals surface area contributed by atoms with E-state index in [1.54, 1.807) is 6.92 Å². The SMILES string of the molecule is COc1ccc(F)cc1S(=O)(=O)N1CC(c2nc(C)no2)C1. The number of hydrogen-bond acceptors (Lipinski definition) is 6. The van der Waals surface area contributed by atoms with Gasteiger partial charge in [0.1, 0.15) is 16.5 Å². The van der Waals surface area contributed by atoms with Crippen molar-refractivity contribution in [1.82, 2.24) is 14.4 Å². The zero-order valence-electron chi connectivity index (χ0n) is 12.0. The first-order chi connectivity index (χ1) is 10.4. The van der Waals surface area contributed by atoms with Gasteiger partial charge in [-0.05, 0) is 25.1 Å². The monoisotopic (exact) mass is 327 g/mol. The van der Waals surface area contributed by atoms with Crippen LogP contribution in [0.25, 0.3) is 0 Å². The van der Waals surface area contributed by atoms with E-state index in [1.807, 2.05) is 0 Å². The van der Waals surface area contributed by atoms with Crippen molar-refractivity contribution in [2.24, 2.45) is 0 Å². The molecule has 118 valence electrons. The highest BCUT2D eigenvalue weighted by molar-refractivity contribution is 7.89. The number of nitrogens with zero attached hydrogens (tertiary/aromatic N) is 3. The van der Waals surface area contributed by atoms with Crippen LogP contribution in [0.15, 0.2) is 27.6 Å². The predicted octanol–water partition coefficient (Wildman–Crippen LogP) is 1.31. The molecule has 2 aromatic rings. The molecule has 1 saturated heterocycles. The minimum atomic E-state index is -3.82. The maximum absolute atomic E-state index is 13.4. The van der Waals surface area contributed by atoms with Crippen molar-refractivity contribution in [3.63, 3.8) is 0 Å². The largest absolute Gasteiger partial charge is 0.495 e. The fourth-order valence-corrected chi connectivity index (χ4v) is 3.96. The van der Waals surface area contributed by atoms with E-state index in [0.29, 0.717) is 11.7 Å². The molecule has 0 unspecified atom stereocenters.